The molecule has 0 aliphatic heterocycles. The van der Waals surface area contributed by atoms with E-state index in [9.17, 15) is 14.7 Å². The van der Waals surface area contributed by atoms with Crippen LogP contribution in [0.5, 0.6) is 11.5 Å². The Bertz CT molecular complexity index is 704. The summed E-state index contributed by atoms with van der Waals surface area (Å²) in [4.78, 5) is 23.2. The average molecular weight is 357 g/mol. The molecule has 1 atom stereocenters. The highest BCUT2D eigenvalue weighted by atomic mass is 16.5. The molecule has 0 saturated carbocycles. The number of carboxylic acid groups (broad SMARTS) is 1. The molecule has 0 saturated heterocycles. The molecule has 2 aromatic carbocycles. The Kier molecular flexibility index (Phi) is 7.45. The molecule has 0 aliphatic carbocycles. The van der Waals surface area contributed by atoms with E-state index in [0.717, 1.165) is 6.42 Å². The molecule has 0 aromatic heterocycles. The van der Waals surface area contributed by atoms with Gasteiger partial charge in [0.05, 0.1) is 0 Å². The average Bonchev–Trinajstić information content (AvgIpc) is 2.63. The van der Waals surface area contributed by atoms with Crippen LogP contribution in [0.3, 0.4) is 0 Å². The van der Waals surface area contributed by atoms with Crippen molar-refractivity contribution in [2.24, 2.45) is 5.73 Å². The van der Waals surface area contributed by atoms with Crippen molar-refractivity contribution in [2.45, 2.75) is 25.3 Å². The first-order chi connectivity index (χ1) is 12.6. The summed E-state index contributed by atoms with van der Waals surface area (Å²) in [7, 11) is 0. The van der Waals surface area contributed by atoms with Gasteiger partial charge in [-0.3, -0.25) is 0 Å². The normalized spacial score (nSPS) is 11.4. The number of anilines is 1. The first kappa shape index (κ1) is 19.3. The third-order valence-electron chi connectivity index (χ3n) is 3.64. The summed E-state index contributed by atoms with van der Waals surface area (Å²) in [5, 5.41) is 14.2. The summed E-state index contributed by atoms with van der Waals surface area (Å²) in [5.74, 6) is 0.281. The van der Waals surface area contributed by atoms with Crippen LogP contribution in [0.1, 0.15) is 19.3 Å². The number of benzene rings is 2. The van der Waals surface area contributed by atoms with Gasteiger partial charge in [-0.1, -0.05) is 18.2 Å². The zero-order valence-corrected chi connectivity index (χ0v) is 14.4. The molecule has 5 N–H and O–H groups in total. The quantitative estimate of drug-likeness (QED) is 0.515. The van der Waals surface area contributed by atoms with E-state index in [0.29, 0.717) is 36.6 Å². The third kappa shape index (κ3) is 6.45. The number of para-hydroxylation sites is 1. The number of carbonyl (C=O) groups is 2. The third-order valence-corrected chi connectivity index (χ3v) is 3.64. The zero-order chi connectivity index (χ0) is 18.8. The van der Waals surface area contributed by atoms with E-state index in [4.69, 9.17) is 10.5 Å². The first-order valence-electron chi connectivity index (χ1n) is 8.42. The van der Waals surface area contributed by atoms with Crippen LogP contribution in [0.4, 0.5) is 10.5 Å². The molecular formula is C19H23N3O4. The van der Waals surface area contributed by atoms with Gasteiger partial charge in [0.25, 0.3) is 0 Å². The number of hydrogen-bond donors (Lipinski definition) is 4. The van der Waals surface area contributed by atoms with Crippen LogP contribution in [-0.4, -0.2) is 29.7 Å². The van der Waals surface area contributed by atoms with Gasteiger partial charge < -0.3 is 26.2 Å². The maximum absolute atomic E-state index is 12.0. The molecule has 0 spiro atoms. The minimum Gasteiger partial charge on any atom is -0.480 e. The molecule has 0 fully saturated rings. The number of hydrogen-bond acceptors (Lipinski definition) is 4. The van der Waals surface area contributed by atoms with Crippen LogP contribution in [0.15, 0.2) is 54.6 Å². The van der Waals surface area contributed by atoms with Gasteiger partial charge in [0.1, 0.15) is 17.5 Å². The van der Waals surface area contributed by atoms with Gasteiger partial charge in [-0.2, -0.15) is 0 Å². The van der Waals surface area contributed by atoms with Crippen molar-refractivity contribution in [3.8, 4) is 11.5 Å². The molecule has 7 nitrogen and oxygen atoms in total. The summed E-state index contributed by atoms with van der Waals surface area (Å²) in [5.41, 5.74) is 5.93. The number of nitrogens with one attached hydrogen (secondary N) is 2. The van der Waals surface area contributed by atoms with Gasteiger partial charge >= 0.3 is 12.0 Å². The number of rotatable bonds is 9. The van der Waals surface area contributed by atoms with Crippen LogP contribution in [0.2, 0.25) is 0 Å². The second-order valence-electron chi connectivity index (χ2n) is 5.71. The summed E-state index contributed by atoms with van der Waals surface area (Å²) in [6, 6.07) is 14.6. The number of ether oxygens (including phenoxy) is 1. The number of nitrogens with two attached hydrogens (primary N) is 1. The minimum absolute atomic E-state index is 0.337. The minimum atomic E-state index is -1.07. The highest BCUT2D eigenvalue weighted by molar-refractivity contribution is 5.92. The summed E-state index contributed by atoms with van der Waals surface area (Å²) >= 11 is 0. The van der Waals surface area contributed by atoms with Gasteiger partial charge in [-0.05, 0) is 62.2 Å². The standard InChI is InChI=1S/C19H23N3O4/c20-13-5-4-8-17(18(23)24)22-19(25)21-14-9-11-16(12-10-14)26-15-6-2-1-3-7-15/h1-3,6-7,9-12,17H,4-5,8,13,20H2,(H,23,24)(H2,21,22,25)/t17-/m0/s1. The lowest BCUT2D eigenvalue weighted by Crippen LogP contribution is -2.43. The Morgan fingerprint density at radius 3 is 2.27 bits per heavy atom. The van der Waals surface area contributed by atoms with E-state index in [1.54, 1.807) is 24.3 Å². The molecule has 0 radical (unpaired) electrons. The number of carbonyl (C=O) groups excluding carboxylic acids is 1. The maximum atomic E-state index is 12.0. The highest BCUT2D eigenvalue weighted by Crippen LogP contribution is 2.22. The van der Waals surface area contributed by atoms with Crippen molar-refractivity contribution in [2.75, 3.05) is 11.9 Å². The lowest BCUT2D eigenvalue weighted by atomic mass is 10.1. The van der Waals surface area contributed by atoms with E-state index >= 15 is 0 Å². The molecule has 7 heteroatoms. The van der Waals surface area contributed by atoms with Crippen LogP contribution in [-0.2, 0) is 4.79 Å². The van der Waals surface area contributed by atoms with Crippen molar-refractivity contribution >= 4 is 17.7 Å². The topological polar surface area (TPSA) is 114 Å². The molecule has 26 heavy (non-hydrogen) atoms. The largest absolute Gasteiger partial charge is 0.480 e. The molecular weight excluding hydrogens is 334 g/mol. The second kappa shape index (κ2) is 10.0. The van der Waals surface area contributed by atoms with Crippen LogP contribution >= 0.6 is 0 Å². The van der Waals surface area contributed by atoms with Gasteiger partial charge in [0.2, 0.25) is 0 Å². The Hall–Kier alpha value is -3.06. The number of aliphatic carboxylic acids is 1. The summed E-state index contributed by atoms with van der Waals surface area (Å²) in [6.07, 6.45) is 1.69. The molecule has 0 unspecified atom stereocenters. The predicted molar refractivity (Wildman–Crippen MR) is 99.4 cm³/mol. The van der Waals surface area contributed by atoms with Crippen LogP contribution in [0.25, 0.3) is 0 Å². The SMILES string of the molecule is NCCCC[C@H](NC(=O)Nc1ccc(Oc2ccccc2)cc1)C(=O)O. The van der Waals surface area contributed by atoms with E-state index in [1.165, 1.54) is 0 Å². The number of unbranched alkanes of at least 4 members (excludes halogenated alkanes) is 1. The fraction of sp³-hybridized carbons (Fsp3) is 0.263. The Balaban J connectivity index is 1.87. The first-order valence-corrected chi connectivity index (χ1v) is 8.42. The molecule has 2 aromatic rings. The Morgan fingerprint density at radius 2 is 1.65 bits per heavy atom. The molecule has 138 valence electrons. The van der Waals surface area contributed by atoms with Gasteiger partial charge in [0.15, 0.2) is 0 Å². The van der Waals surface area contributed by atoms with E-state index in [2.05, 4.69) is 10.6 Å². The molecule has 0 heterocycles. The summed E-state index contributed by atoms with van der Waals surface area (Å²) in [6.45, 7) is 0.496. The fourth-order valence-corrected chi connectivity index (χ4v) is 2.31. The zero-order valence-electron chi connectivity index (χ0n) is 14.4. The smallest absolute Gasteiger partial charge is 0.326 e. The van der Waals surface area contributed by atoms with Crippen molar-refractivity contribution in [3.05, 3.63) is 54.6 Å². The molecule has 2 amide bonds. The lowest BCUT2D eigenvalue weighted by molar-refractivity contribution is -0.139. The van der Waals surface area contributed by atoms with Crippen LogP contribution < -0.4 is 21.1 Å². The lowest BCUT2D eigenvalue weighted by Gasteiger charge is -2.15. The predicted octanol–water partition coefficient (Wildman–Crippen LogP) is 3.18. The van der Waals surface area contributed by atoms with Crippen molar-refractivity contribution < 1.29 is 19.4 Å². The molecule has 0 aliphatic rings. The van der Waals surface area contributed by atoms with E-state index in [1.807, 2.05) is 30.3 Å². The highest BCUT2D eigenvalue weighted by Gasteiger charge is 2.19. The molecule has 0 bridgehead atoms. The van der Waals surface area contributed by atoms with Gasteiger partial charge in [0, 0.05) is 5.69 Å². The second-order valence-corrected chi connectivity index (χ2v) is 5.71. The van der Waals surface area contributed by atoms with Crippen molar-refractivity contribution in [1.82, 2.24) is 5.32 Å². The summed E-state index contributed by atoms with van der Waals surface area (Å²) < 4.78 is 5.67. The van der Waals surface area contributed by atoms with Gasteiger partial charge in [-0.25, -0.2) is 9.59 Å². The fourth-order valence-electron chi connectivity index (χ4n) is 2.31. The van der Waals surface area contributed by atoms with Crippen LogP contribution in [0, 0.1) is 0 Å². The number of carboxylic acids is 1. The number of urea groups is 1. The van der Waals surface area contributed by atoms with Gasteiger partial charge in [-0.15, -0.1) is 0 Å². The monoisotopic (exact) mass is 357 g/mol. The van der Waals surface area contributed by atoms with E-state index in [-0.39, 0.29) is 0 Å². The van der Waals surface area contributed by atoms with Crippen molar-refractivity contribution in [1.29, 1.82) is 0 Å². The Labute approximate surface area is 152 Å². The molecule has 2 rings (SSSR count). The Morgan fingerprint density at radius 1 is 1.00 bits per heavy atom. The van der Waals surface area contributed by atoms with E-state index < -0.39 is 18.0 Å². The van der Waals surface area contributed by atoms with Crippen molar-refractivity contribution in [3.63, 3.8) is 0 Å². The maximum Gasteiger partial charge on any atom is 0.326 e. The number of amides is 2.